The molecular weight excluding hydrogens is 232 g/mol. The molecule has 1 nitrogen and oxygen atoms in total. The SMILES string of the molecule is C=C=C=C=C=C=C=C=C=C=C=C=C=C=C=C=C1CO1. The van der Waals surface area contributed by atoms with Gasteiger partial charge < -0.3 is 4.74 Å². The van der Waals surface area contributed by atoms with Crippen LogP contribution in [0, 0.1) is 0 Å². The standard InChI is InChI=1S/C18H4O/c1-2-3-4-5-6-7-8-9-10-11-12-13-14-15-16-18-17-19-18/h1,17H2. The third-order valence-corrected chi connectivity index (χ3v) is 1.33. The van der Waals surface area contributed by atoms with Crippen LogP contribution in [0.1, 0.15) is 0 Å². The van der Waals surface area contributed by atoms with Crippen molar-refractivity contribution >= 4 is 0 Å². The molecule has 0 aromatic carbocycles. The van der Waals surface area contributed by atoms with E-state index in [1.807, 2.05) is 0 Å². The molecule has 0 atom stereocenters. The van der Waals surface area contributed by atoms with Gasteiger partial charge in [-0.3, -0.25) is 0 Å². The van der Waals surface area contributed by atoms with Gasteiger partial charge in [-0.05, 0) is 86.8 Å². The Bertz CT molecular complexity index is 934. The van der Waals surface area contributed by atoms with Crippen LogP contribution in [-0.2, 0) is 4.74 Å². The zero-order valence-corrected chi connectivity index (χ0v) is 9.82. The van der Waals surface area contributed by atoms with Crippen LogP contribution in [0.15, 0.2) is 98.3 Å². The molecule has 1 aliphatic heterocycles. The van der Waals surface area contributed by atoms with Crippen LogP contribution >= 0.6 is 0 Å². The van der Waals surface area contributed by atoms with Crippen molar-refractivity contribution in [2.45, 2.75) is 0 Å². The third-order valence-electron chi connectivity index (χ3n) is 1.33. The largest absolute Gasteiger partial charge is 0.477 e. The molecule has 82 valence electrons. The average molecular weight is 236 g/mol. The molecular formula is C18H4O. The monoisotopic (exact) mass is 236 g/mol. The van der Waals surface area contributed by atoms with E-state index in [0.29, 0.717) is 6.61 Å². The van der Waals surface area contributed by atoms with E-state index >= 15 is 0 Å². The first-order valence-electron chi connectivity index (χ1n) is 4.95. The molecule has 1 saturated heterocycles. The van der Waals surface area contributed by atoms with Crippen molar-refractivity contribution in [3.63, 3.8) is 0 Å². The minimum atomic E-state index is 0.616. The summed E-state index contributed by atoms with van der Waals surface area (Å²) < 4.78 is 4.80. The van der Waals surface area contributed by atoms with Gasteiger partial charge in [0.15, 0.2) is 12.4 Å². The van der Waals surface area contributed by atoms with Gasteiger partial charge >= 0.3 is 0 Å². The van der Waals surface area contributed by atoms with Crippen LogP contribution < -0.4 is 0 Å². The van der Waals surface area contributed by atoms with Crippen LogP contribution in [0.25, 0.3) is 0 Å². The molecule has 1 heterocycles. The molecule has 0 amide bonds. The number of ether oxygens (including phenoxy) is 1. The Morgan fingerprint density at radius 1 is 0.632 bits per heavy atom. The van der Waals surface area contributed by atoms with Gasteiger partial charge in [-0.25, -0.2) is 0 Å². The molecule has 1 heteroatoms. The highest BCUT2D eigenvalue weighted by Gasteiger charge is 2.09. The lowest BCUT2D eigenvalue weighted by atomic mass is 10.6. The van der Waals surface area contributed by atoms with Gasteiger partial charge in [0.1, 0.15) is 0 Å². The molecule has 0 aromatic heterocycles. The van der Waals surface area contributed by atoms with E-state index in [0.717, 1.165) is 5.76 Å². The van der Waals surface area contributed by atoms with Crippen LogP contribution in [0.4, 0.5) is 0 Å². The molecule has 0 aliphatic carbocycles. The van der Waals surface area contributed by atoms with Gasteiger partial charge in [0.05, 0.1) is 0 Å². The summed E-state index contributed by atoms with van der Waals surface area (Å²) in [6, 6.07) is 0. The Kier molecular flexibility index (Phi) is 6.63. The van der Waals surface area contributed by atoms with Crippen molar-refractivity contribution in [1.82, 2.24) is 0 Å². The first-order chi connectivity index (χ1) is 9.43. The summed E-state index contributed by atoms with van der Waals surface area (Å²) in [5.41, 5.74) is 37.7. The fraction of sp³-hybridized carbons (Fsp3) is 0.0556. The second-order valence-electron chi connectivity index (χ2n) is 2.64. The first kappa shape index (κ1) is 13.3. The maximum absolute atomic E-state index is 4.80. The van der Waals surface area contributed by atoms with E-state index in [2.05, 4.69) is 92.5 Å². The molecule has 1 rings (SSSR count). The molecule has 1 fully saturated rings. The maximum Gasteiger partial charge on any atom is 0.185 e. The van der Waals surface area contributed by atoms with E-state index in [1.165, 1.54) is 0 Å². The minimum Gasteiger partial charge on any atom is -0.477 e. The summed E-state index contributed by atoms with van der Waals surface area (Å²) in [5, 5.41) is 0. The fourth-order valence-corrected chi connectivity index (χ4v) is 0.597. The molecule has 0 saturated carbocycles. The summed E-state index contributed by atoms with van der Waals surface area (Å²) in [7, 11) is 0. The van der Waals surface area contributed by atoms with Gasteiger partial charge in [-0.1, -0.05) is 5.73 Å². The van der Waals surface area contributed by atoms with E-state index in [-0.39, 0.29) is 0 Å². The number of epoxide rings is 1. The van der Waals surface area contributed by atoms with Gasteiger partial charge in [0.2, 0.25) is 0 Å². The summed E-state index contributed by atoms with van der Waals surface area (Å²) in [5.74, 6) is 0.758. The highest BCUT2D eigenvalue weighted by Crippen LogP contribution is 2.09. The van der Waals surface area contributed by atoms with E-state index in [4.69, 9.17) is 4.74 Å². The zero-order valence-electron chi connectivity index (χ0n) is 9.82. The van der Waals surface area contributed by atoms with Gasteiger partial charge in [0.25, 0.3) is 0 Å². The Morgan fingerprint density at radius 3 is 1.37 bits per heavy atom. The van der Waals surface area contributed by atoms with Gasteiger partial charge in [-0.2, -0.15) is 0 Å². The minimum absolute atomic E-state index is 0.616. The molecule has 0 N–H and O–H groups in total. The number of rotatable bonds is 0. The Hall–Kier alpha value is -3.76. The van der Waals surface area contributed by atoms with Crippen molar-refractivity contribution in [3.8, 4) is 0 Å². The lowest BCUT2D eigenvalue weighted by molar-refractivity contribution is 0.510. The van der Waals surface area contributed by atoms with Gasteiger partial charge in [-0.15, -0.1) is 0 Å². The maximum atomic E-state index is 4.80. The van der Waals surface area contributed by atoms with Crippen LogP contribution in [-0.4, -0.2) is 6.61 Å². The van der Waals surface area contributed by atoms with E-state index in [9.17, 15) is 0 Å². The number of hydrogen-bond acceptors (Lipinski definition) is 1. The Labute approximate surface area is 110 Å². The fourth-order valence-electron chi connectivity index (χ4n) is 0.597. The second-order valence-corrected chi connectivity index (χ2v) is 2.64. The molecule has 0 spiro atoms. The number of hydrogen-bond donors (Lipinski definition) is 0. The summed E-state index contributed by atoms with van der Waals surface area (Å²) >= 11 is 0. The van der Waals surface area contributed by atoms with Crippen LogP contribution in [0.2, 0.25) is 0 Å². The normalized spacial score (nSPS) is 7.26. The molecule has 0 unspecified atom stereocenters. The second kappa shape index (κ2) is 9.46. The van der Waals surface area contributed by atoms with E-state index in [1.54, 1.807) is 0 Å². The smallest absolute Gasteiger partial charge is 0.185 e. The Balaban J connectivity index is 3.12. The molecule has 1 aliphatic rings. The summed E-state index contributed by atoms with van der Waals surface area (Å²) in [6.07, 6.45) is 0. The molecule has 19 heavy (non-hydrogen) atoms. The highest BCUT2D eigenvalue weighted by molar-refractivity contribution is 5.03. The lowest BCUT2D eigenvalue weighted by Crippen LogP contribution is -1.31. The summed E-state index contributed by atoms with van der Waals surface area (Å²) in [4.78, 5) is 0. The highest BCUT2D eigenvalue weighted by atomic mass is 16.6. The molecule has 0 bridgehead atoms. The summed E-state index contributed by atoms with van der Waals surface area (Å²) in [6.45, 7) is 3.92. The quantitative estimate of drug-likeness (QED) is 0.465. The molecule has 0 radical (unpaired) electrons. The average Bonchev–Trinajstić information content (AvgIpc) is 3.23. The first-order valence-corrected chi connectivity index (χ1v) is 4.95. The van der Waals surface area contributed by atoms with E-state index < -0.39 is 0 Å². The van der Waals surface area contributed by atoms with Crippen molar-refractivity contribution in [3.05, 3.63) is 98.3 Å². The van der Waals surface area contributed by atoms with Crippen LogP contribution in [0.5, 0.6) is 0 Å². The van der Waals surface area contributed by atoms with Crippen molar-refractivity contribution in [2.75, 3.05) is 6.61 Å². The van der Waals surface area contributed by atoms with Crippen molar-refractivity contribution < 1.29 is 4.74 Å². The predicted molar refractivity (Wildman–Crippen MR) is 67.8 cm³/mol. The Morgan fingerprint density at radius 2 is 1.00 bits per heavy atom. The zero-order chi connectivity index (χ0) is 13.6. The van der Waals surface area contributed by atoms with Crippen molar-refractivity contribution in [2.24, 2.45) is 0 Å². The van der Waals surface area contributed by atoms with Crippen molar-refractivity contribution in [1.29, 1.82) is 0 Å². The topological polar surface area (TPSA) is 12.5 Å². The van der Waals surface area contributed by atoms with Gasteiger partial charge in [0, 0.05) is 0 Å². The predicted octanol–water partition coefficient (Wildman–Crippen LogP) is 2.86. The lowest BCUT2D eigenvalue weighted by Gasteiger charge is -1.44. The van der Waals surface area contributed by atoms with Crippen LogP contribution in [0.3, 0.4) is 0 Å². The molecule has 0 aromatic rings. The third kappa shape index (κ3) is 9.19.